The Kier molecular flexibility index (Phi) is 7.40. The number of hydrogen-bond donors (Lipinski definition) is 1. The van der Waals surface area contributed by atoms with Gasteiger partial charge in [0.1, 0.15) is 0 Å². The molecule has 8 heavy (non-hydrogen) atoms. The van der Waals surface area contributed by atoms with E-state index in [1.54, 1.807) is 0 Å². The smallest absolute Gasteiger partial charge is 0.0138 e. The van der Waals surface area contributed by atoms with E-state index in [0.29, 0.717) is 6.04 Å². The summed E-state index contributed by atoms with van der Waals surface area (Å²) in [5.41, 5.74) is 5.45. The molecule has 0 aromatic rings. The van der Waals surface area contributed by atoms with Crippen LogP contribution in [0.2, 0.25) is 0 Å². The Labute approximate surface area is 57.5 Å². The first-order valence-electron chi connectivity index (χ1n) is 2.53. The molecule has 0 fully saturated rings. The van der Waals surface area contributed by atoms with Crippen LogP contribution in [-0.2, 0) is 0 Å². The molecule has 0 amide bonds. The Balaban J connectivity index is 0. The fourth-order valence-electron chi connectivity index (χ4n) is 0.576. The Morgan fingerprint density at radius 3 is 1.88 bits per heavy atom. The lowest BCUT2D eigenvalue weighted by atomic mass is 10.3. The molecule has 3 heteroatoms. The lowest BCUT2D eigenvalue weighted by Crippen LogP contribution is -2.29. The van der Waals surface area contributed by atoms with Gasteiger partial charge in [-0.15, -0.1) is 12.4 Å². The van der Waals surface area contributed by atoms with Gasteiger partial charge in [0.15, 0.2) is 0 Å². The van der Waals surface area contributed by atoms with E-state index in [1.807, 2.05) is 21.0 Å². The summed E-state index contributed by atoms with van der Waals surface area (Å²) in [6.07, 6.45) is 0. The summed E-state index contributed by atoms with van der Waals surface area (Å²) in [6, 6.07) is 0.301. The van der Waals surface area contributed by atoms with Crippen LogP contribution in [0.4, 0.5) is 0 Å². The average molecular weight is 139 g/mol. The van der Waals surface area contributed by atoms with Gasteiger partial charge in [-0.05, 0) is 21.0 Å². The van der Waals surface area contributed by atoms with Crippen LogP contribution < -0.4 is 5.73 Å². The maximum Gasteiger partial charge on any atom is 0.0138 e. The van der Waals surface area contributed by atoms with Gasteiger partial charge in [-0.25, -0.2) is 0 Å². The van der Waals surface area contributed by atoms with E-state index in [1.165, 1.54) is 0 Å². The zero-order chi connectivity index (χ0) is 5.86. The number of halogens is 1. The minimum absolute atomic E-state index is 0. The molecule has 52 valence electrons. The largest absolute Gasteiger partial charge is 0.327 e. The van der Waals surface area contributed by atoms with Gasteiger partial charge in [0.2, 0.25) is 0 Å². The third-order valence-corrected chi connectivity index (χ3v) is 0.653. The summed E-state index contributed by atoms with van der Waals surface area (Å²) < 4.78 is 0. The average Bonchev–Trinajstić information content (AvgIpc) is 1.27. The minimum Gasteiger partial charge on any atom is -0.327 e. The van der Waals surface area contributed by atoms with Crippen LogP contribution in [0, 0.1) is 0 Å². The van der Waals surface area contributed by atoms with Crippen molar-refractivity contribution in [2.24, 2.45) is 5.73 Å². The predicted molar refractivity (Wildman–Crippen MR) is 39.5 cm³/mol. The molecule has 0 heterocycles. The maximum atomic E-state index is 5.45. The fourth-order valence-corrected chi connectivity index (χ4v) is 0.576. The van der Waals surface area contributed by atoms with Gasteiger partial charge in [0, 0.05) is 12.6 Å². The lowest BCUT2D eigenvalue weighted by molar-refractivity contribution is 0.383. The van der Waals surface area contributed by atoms with E-state index in [2.05, 4.69) is 4.90 Å². The maximum absolute atomic E-state index is 5.45. The van der Waals surface area contributed by atoms with Crippen molar-refractivity contribution in [1.29, 1.82) is 0 Å². The first kappa shape index (κ1) is 11.1. The molecule has 0 aromatic heterocycles. The van der Waals surface area contributed by atoms with Gasteiger partial charge in [-0.2, -0.15) is 0 Å². The quantitative estimate of drug-likeness (QED) is 0.596. The van der Waals surface area contributed by atoms with Gasteiger partial charge in [0.25, 0.3) is 0 Å². The number of likely N-dealkylation sites (N-methyl/N-ethyl adjacent to an activating group) is 1. The summed E-state index contributed by atoms with van der Waals surface area (Å²) in [5.74, 6) is 0. The second kappa shape index (κ2) is 5.35. The van der Waals surface area contributed by atoms with E-state index < -0.39 is 0 Å². The number of nitrogens with two attached hydrogens (primary N) is 1. The molecule has 0 aliphatic carbocycles. The van der Waals surface area contributed by atoms with Gasteiger partial charge in [-0.3, -0.25) is 0 Å². The molecule has 2 N–H and O–H groups in total. The van der Waals surface area contributed by atoms with Crippen molar-refractivity contribution >= 4 is 12.4 Å². The van der Waals surface area contributed by atoms with Crippen molar-refractivity contribution in [2.45, 2.75) is 13.0 Å². The predicted octanol–water partition coefficient (Wildman–Crippen LogP) is 0.317. The third kappa shape index (κ3) is 9.51. The first-order chi connectivity index (χ1) is 3.13. The summed E-state index contributed by atoms with van der Waals surface area (Å²) in [7, 11) is 4.03. The van der Waals surface area contributed by atoms with E-state index >= 15 is 0 Å². The van der Waals surface area contributed by atoms with Gasteiger partial charge >= 0.3 is 0 Å². The molecule has 2 nitrogen and oxygen atoms in total. The van der Waals surface area contributed by atoms with Crippen LogP contribution in [0.3, 0.4) is 0 Å². The summed E-state index contributed by atoms with van der Waals surface area (Å²) in [4.78, 5) is 2.07. The molecule has 0 rings (SSSR count). The topological polar surface area (TPSA) is 29.3 Å². The monoisotopic (exact) mass is 138 g/mol. The normalized spacial score (nSPS) is 13.1. The Hall–Kier alpha value is 0.210. The highest BCUT2D eigenvalue weighted by Crippen LogP contribution is 1.76. The van der Waals surface area contributed by atoms with Gasteiger partial charge < -0.3 is 10.6 Å². The van der Waals surface area contributed by atoms with Crippen molar-refractivity contribution in [3.05, 3.63) is 0 Å². The van der Waals surface area contributed by atoms with E-state index in [-0.39, 0.29) is 12.4 Å². The highest BCUT2D eigenvalue weighted by atomic mass is 35.5. The van der Waals surface area contributed by atoms with Gasteiger partial charge in [0.05, 0.1) is 0 Å². The van der Waals surface area contributed by atoms with Crippen molar-refractivity contribution in [3.8, 4) is 0 Å². The molecular weight excluding hydrogens is 124 g/mol. The highest BCUT2D eigenvalue weighted by molar-refractivity contribution is 5.85. The van der Waals surface area contributed by atoms with E-state index in [0.717, 1.165) is 6.54 Å². The molecule has 0 bridgehead atoms. The first-order valence-corrected chi connectivity index (χ1v) is 2.53. The Bertz CT molecular complexity index is 39.7. The van der Waals surface area contributed by atoms with Crippen LogP contribution in [0.1, 0.15) is 6.92 Å². The number of nitrogens with zero attached hydrogens (tertiary/aromatic N) is 1. The highest BCUT2D eigenvalue weighted by Gasteiger charge is 1.92. The van der Waals surface area contributed by atoms with Crippen molar-refractivity contribution in [1.82, 2.24) is 4.90 Å². The molecule has 1 atom stereocenters. The lowest BCUT2D eigenvalue weighted by Gasteiger charge is -2.11. The molecule has 0 aliphatic rings. The van der Waals surface area contributed by atoms with Crippen LogP contribution in [0.15, 0.2) is 0 Å². The summed E-state index contributed by atoms with van der Waals surface area (Å²) in [5, 5.41) is 0. The summed E-state index contributed by atoms with van der Waals surface area (Å²) >= 11 is 0. The van der Waals surface area contributed by atoms with E-state index in [9.17, 15) is 0 Å². The standard InChI is InChI=1S/C5H14N2.ClH/c1-5(6)4-7(2)3;/h5H,4,6H2,1-3H3;1H/t5-;/m1./s1. The second-order valence-electron chi connectivity index (χ2n) is 2.24. The fraction of sp³-hybridized carbons (Fsp3) is 1.00. The molecular formula is C5H15ClN2. The van der Waals surface area contributed by atoms with Crippen molar-refractivity contribution in [3.63, 3.8) is 0 Å². The molecule has 0 saturated heterocycles. The molecule has 0 unspecified atom stereocenters. The Morgan fingerprint density at radius 2 is 1.88 bits per heavy atom. The number of rotatable bonds is 2. The third-order valence-electron chi connectivity index (χ3n) is 0.653. The molecule has 0 spiro atoms. The van der Waals surface area contributed by atoms with Crippen molar-refractivity contribution < 1.29 is 0 Å². The molecule has 0 radical (unpaired) electrons. The van der Waals surface area contributed by atoms with Crippen LogP contribution in [0.5, 0.6) is 0 Å². The minimum atomic E-state index is 0. The zero-order valence-corrected chi connectivity index (χ0v) is 6.53. The molecule has 0 saturated carbocycles. The number of hydrogen-bond acceptors (Lipinski definition) is 2. The Morgan fingerprint density at radius 1 is 1.50 bits per heavy atom. The van der Waals surface area contributed by atoms with Crippen molar-refractivity contribution in [2.75, 3.05) is 20.6 Å². The zero-order valence-electron chi connectivity index (χ0n) is 5.72. The van der Waals surface area contributed by atoms with Gasteiger partial charge in [-0.1, -0.05) is 0 Å². The molecule has 0 aromatic carbocycles. The SMILES string of the molecule is C[C@@H](N)CN(C)C.Cl. The second-order valence-corrected chi connectivity index (χ2v) is 2.24. The van der Waals surface area contributed by atoms with E-state index in [4.69, 9.17) is 5.73 Å². The van der Waals surface area contributed by atoms with Crippen LogP contribution >= 0.6 is 12.4 Å². The van der Waals surface area contributed by atoms with Crippen LogP contribution in [-0.4, -0.2) is 31.6 Å². The van der Waals surface area contributed by atoms with Crippen LogP contribution in [0.25, 0.3) is 0 Å². The molecule has 0 aliphatic heterocycles. The summed E-state index contributed by atoms with van der Waals surface area (Å²) in [6.45, 7) is 2.97.